The Labute approximate surface area is 160 Å². The number of ether oxygens (including phenoxy) is 2. The zero-order valence-corrected chi connectivity index (χ0v) is 15.8. The van der Waals surface area contributed by atoms with Crippen molar-refractivity contribution < 1.29 is 24.2 Å². The van der Waals surface area contributed by atoms with Gasteiger partial charge in [-0.3, -0.25) is 14.5 Å². The number of aliphatic hydroxyl groups is 1. The van der Waals surface area contributed by atoms with Crippen LogP contribution in [0.1, 0.15) is 25.7 Å². The third-order valence-corrected chi connectivity index (χ3v) is 5.18. The summed E-state index contributed by atoms with van der Waals surface area (Å²) in [4.78, 5) is 26.4. The third-order valence-electron chi connectivity index (χ3n) is 5.18. The lowest BCUT2D eigenvalue weighted by atomic mass is 10.0. The van der Waals surface area contributed by atoms with Crippen LogP contribution in [0.25, 0.3) is 0 Å². The predicted octanol–water partition coefficient (Wildman–Crippen LogP) is -0.574. The summed E-state index contributed by atoms with van der Waals surface area (Å²) < 4.78 is 11.1. The largest absolute Gasteiger partial charge is 0.394 e. The topological polar surface area (TPSA) is 100 Å². The summed E-state index contributed by atoms with van der Waals surface area (Å²) in [6.45, 7) is 4.87. The van der Waals surface area contributed by atoms with Gasteiger partial charge in [-0.05, 0) is 25.8 Å². The summed E-state index contributed by atoms with van der Waals surface area (Å²) in [6.07, 6.45) is 5.73. The fraction of sp³-hybridized carbons (Fsp3) is 0.789. The SMILES string of the molecule is O=C(C[C@H]1C=C[C@H](NC(=O)C2CC2)[C@H](CO)O1)NCCCN1CCOCC1. The molecule has 0 aromatic rings. The first kappa shape index (κ1) is 20.3. The maximum Gasteiger partial charge on any atom is 0.223 e. The molecule has 27 heavy (non-hydrogen) atoms. The number of carbonyl (C=O) groups is 2. The summed E-state index contributed by atoms with van der Waals surface area (Å²) in [5.74, 6) is 0.0608. The second-order valence-corrected chi connectivity index (χ2v) is 7.45. The van der Waals surface area contributed by atoms with Crippen LogP contribution in [0.2, 0.25) is 0 Å². The van der Waals surface area contributed by atoms with E-state index in [-0.39, 0.29) is 42.9 Å². The molecule has 3 rings (SSSR count). The number of nitrogens with one attached hydrogen (secondary N) is 2. The molecule has 2 aliphatic heterocycles. The number of carbonyl (C=O) groups excluding carboxylic acids is 2. The minimum absolute atomic E-state index is 0.0168. The molecule has 0 aromatic heterocycles. The quantitative estimate of drug-likeness (QED) is 0.365. The standard InChI is InChI=1S/C19H31N3O5/c23-13-17-16(21-19(25)14-2-3-14)5-4-15(27-17)12-18(24)20-6-1-7-22-8-10-26-11-9-22/h4-5,14-17,23H,1-3,6-13H2,(H,20,24)(H,21,25)/t15-,16+,17+/m1/s1. The Morgan fingerprint density at radius 2 is 1.96 bits per heavy atom. The van der Waals surface area contributed by atoms with E-state index in [1.165, 1.54) is 0 Å². The zero-order valence-electron chi connectivity index (χ0n) is 15.8. The maximum absolute atomic E-state index is 12.1. The van der Waals surface area contributed by atoms with Gasteiger partial charge in [0, 0.05) is 25.6 Å². The van der Waals surface area contributed by atoms with Gasteiger partial charge in [-0.1, -0.05) is 12.2 Å². The summed E-state index contributed by atoms with van der Waals surface area (Å²) in [6, 6.07) is -0.337. The van der Waals surface area contributed by atoms with Crippen molar-refractivity contribution in [2.24, 2.45) is 5.92 Å². The lowest BCUT2D eigenvalue weighted by Crippen LogP contribution is -2.49. The van der Waals surface area contributed by atoms with Gasteiger partial charge in [0.2, 0.25) is 11.8 Å². The van der Waals surface area contributed by atoms with E-state index in [0.29, 0.717) is 6.54 Å². The van der Waals surface area contributed by atoms with Crippen molar-refractivity contribution >= 4 is 11.8 Å². The molecule has 1 saturated heterocycles. The van der Waals surface area contributed by atoms with Crippen LogP contribution in [0.5, 0.6) is 0 Å². The first-order valence-corrected chi connectivity index (χ1v) is 9.97. The highest BCUT2D eigenvalue weighted by molar-refractivity contribution is 5.81. The monoisotopic (exact) mass is 381 g/mol. The molecule has 152 valence electrons. The van der Waals surface area contributed by atoms with Gasteiger partial charge in [-0.2, -0.15) is 0 Å². The fourth-order valence-electron chi connectivity index (χ4n) is 3.37. The predicted molar refractivity (Wildman–Crippen MR) is 99.0 cm³/mol. The average molecular weight is 381 g/mol. The van der Waals surface area contributed by atoms with Gasteiger partial charge >= 0.3 is 0 Å². The zero-order chi connectivity index (χ0) is 19.1. The number of hydrogen-bond donors (Lipinski definition) is 3. The lowest BCUT2D eigenvalue weighted by molar-refractivity contribution is -0.128. The van der Waals surface area contributed by atoms with Crippen molar-refractivity contribution in [1.82, 2.24) is 15.5 Å². The Hall–Kier alpha value is -1.48. The summed E-state index contributed by atoms with van der Waals surface area (Å²) in [7, 11) is 0. The average Bonchev–Trinajstić information content (AvgIpc) is 3.52. The van der Waals surface area contributed by atoms with Gasteiger partial charge < -0.3 is 25.2 Å². The van der Waals surface area contributed by atoms with Crippen molar-refractivity contribution in [2.75, 3.05) is 46.0 Å². The highest BCUT2D eigenvalue weighted by Gasteiger charge is 2.34. The van der Waals surface area contributed by atoms with E-state index in [1.54, 1.807) is 6.08 Å². The van der Waals surface area contributed by atoms with E-state index in [1.807, 2.05) is 6.08 Å². The molecule has 0 unspecified atom stereocenters. The summed E-state index contributed by atoms with van der Waals surface area (Å²) in [5.41, 5.74) is 0. The first-order chi connectivity index (χ1) is 13.2. The minimum atomic E-state index is -0.517. The van der Waals surface area contributed by atoms with Gasteiger partial charge in [-0.25, -0.2) is 0 Å². The first-order valence-electron chi connectivity index (χ1n) is 9.97. The molecule has 2 amide bonds. The van der Waals surface area contributed by atoms with E-state index >= 15 is 0 Å². The highest BCUT2D eigenvalue weighted by Crippen LogP contribution is 2.29. The maximum atomic E-state index is 12.1. The molecule has 0 spiro atoms. The second kappa shape index (κ2) is 10.2. The molecule has 3 N–H and O–H groups in total. The van der Waals surface area contributed by atoms with Crippen LogP contribution in [0.3, 0.4) is 0 Å². The van der Waals surface area contributed by atoms with Crippen molar-refractivity contribution in [3.05, 3.63) is 12.2 Å². The molecule has 2 heterocycles. The van der Waals surface area contributed by atoms with Crippen molar-refractivity contribution in [2.45, 2.75) is 43.9 Å². The van der Waals surface area contributed by atoms with Gasteiger partial charge in [0.05, 0.1) is 38.4 Å². The molecule has 0 bridgehead atoms. The lowest BCUT2D eigenvalue weighted by Gasteiger charge is -2.31. The van der Waals surface area contributed by atoms with E-state index in [0.717, 1.165) is 52.1 Å². The molecular formula is C19H31N3O5. The normalized spacial score (nSPS) is 28.7. The molecule has 8 nitrogen and oxygen atoms in total. The molecule has 1 aliphatic carbocycles. The van der Waals surface area contributed by atoms with Gasteiger partial charge in [0.15, 0.2) is 0 Å². The number of aliphatic hydroxyl groups excluding tert-OH is 1. The van der Waals surface area contributed by atoms with E-state index in [4.69, 9.17) is 9.47 Å². The Morgan fingerprint density at radius 1 is 1.19 bits per heavy atom. The number of amides is 2. The molecule has 8 heteroatoms. The molecular weight excluding hydrogens is 350 g/mol. The van der Waals surface area contributed by atoms with Gasteiger partial charge in [0.1, 0.15) is 6.10 Å². The molecule has 3 atom stereocenters. The second-order valence-electron chi connectivity index (χ2n) is 7.45. The summed E-state index contributed by atoms with van der Waals surface area (Å²) in [5, 5.41) is 15.4. The fourth-order valence-corrected chi connectivity index (χ4v) is 3.37. The third kappa shape index (κ3) is 6.57. The van der Waals surface area contributed by atoms with E-state index in [9.17, 15) is 14.7 Å². The van der Waals surface area contributed by atoms with Gasteiger partial charge in [0.25, 0.3) is 0 Å². The van der Waals surface area contributed by atoms with Crippen LogP contribution in [-0.2, 0) is 19.1 Å². The molecule has 2 fully saturated rings. The van der Waals surface area contributed by atoms with Crippen LogP contribution in [0, 0.1) is 5.92 Å². The van der Waals surface area contributed by atoms with Gasteiger partial charge in [-0.15, -0.1) is 0 Å². The molecule has 0 aromatic carbocycles. The summed E-state index contributed by atoms with van der Waals surface area (Å²) >= 11 is 0. The highest BCUT2D eigenvalue weighted by atomic mass is 16.5. The number of morpholine rings is 1. The number of hydrogen-bond acceptors (Lipinski definition) is 6. The smallest absolute Gasteiger partial charge is 0.223 e. The van der Waals surface area contributed by atoms with Crippen LogP contribution in [0.4, 0.5) is 0 Å². The number of nitrogens with zero attached hydrogens (tertiary/aromatic N) is 1. The van der Waals surface area contributed by atoms with Crippen molar-refractivity contribution in [1.29, 1.82) is 0 Å². The Morgan fingerprint density at radius 3 is 2.67 bits per heavy atom. The van der Waals surface area contributed by atoms with Crippen LogP contribution >= 0.6 is 0 Å². The molecule has 0 radical (unpaired) electrons. The molecule has 1 saturated carbocycles. The Balaban J connectivity index is 1.34. The van der Waals surface area contributed by atoms with Crippen molar-refractivity contribution in [3.63, 3.8) is 0 Å². The van der Waals surface area contributed by atoms with Crippen LogP contribution in [-0.4, -0.2) is 86.1 Å². The van der Waals surface area contributed by atoms with Crippen LogP contribution < -0.4 is 10.6 Å². The van der Waals surface area contributed by atoms with Crippen molar-refractivity contribution in [3.8, 4) is 0 Å². The van der Waals surface area contributed by atoms with E-state index in [2.05, 4.69) is 15.5 Å². The van der Waals surface area contributed by atoms with E-state index < -0.39 is 6.10 Å². The molecule has 3 aliphatic rings. The Kier molecular flexibility index (Phi) is 7.63. The Bertz CT molecular complexity index is 531. The number of rotatable bonds is 9. The van der Waals surface area contributed by atoms with Crippen LogP contribution in [0.15, 0.2) is 12.2 Å². The minimum Gasteiger partial charge on any atom is -0.394 e.